The predicted molar refractivity (Wildman–Crippen MR) is 64.6 cm³/mol. The van der Waals surface area contributed by atoms with Gasteiger partial charge in [-0.3, -0.25) is 0 Å². The summed E-state index contributed by atoms with van der Waals surface area (Å²) < 4.78 is 0. The van der Waals surface area contributed by atoms with Crippen molar-refractivity contribution < 1.29 is 0 Å². The maximum Gasteiger partial charge on any atom is 0.0197 e. The number of aryl methyl sites for hydroxylation is 2. The van der Waals surface area contributed by atoms with Gasteiger partial charge in [-0.2, -0.15) is 0 Å². The second-order valence-electron chi connectivity index (χ2n) is 3.83. The Kier molecular flexibility index (Phi) is 2.28. The maximum atomic E-state index is 4.04. The Morgan fingerprint density at radius 1 is 1.07 bits per heavy atom. The molecule has 0 nitrogen and oxygen atoms in total. The summed E-state index contributed by atoms with van der Waals surface area (Å²) in [7, 11) is 0. The molecule has 0 aliphatic carbocycles. The summed E-state index contributed by atoms with van der Waals surface area (Å²) in [5, 5.41) is 0. The quantitative estimate of drug-likeness (QED) is 0.603. The third kappa shape index (κ3) is 1.53. The predicted octanol–water partition coefficient (Wildman–Crippen LogP) is 4.33. The number of allylic oxidation sites excluding steroid dienone is 1. The lowest BCUT2D eigenvalue weighted by Gasteiger charge is -2.17. The number of thioether (sulfide) groups is 1. The lowest BCUT2D eigenvalue weighted by Crippen LogP contribution is -1.93. The Morgan fingerprint density at radius 2 is 1.71 bits per heavy atom. The van der Waals surface area contributed by atoms with Crippen LogP contribution in [0.15, 0.2) is 34.1 Å². The van der Waals surface area contributed by atoms with Gasteiger partial charge in [0.15, 0.2) is 0 Å². The molecule has 0 fully saturated rings. The molecule has 1 heteroatoms. The average molecular weight is 202 g/mol. The second-order valence-corrected chi connectivity index (χ2v) is 4.96. The molecule has 1 aromatic rings. The molecule has 0 N–H and O–H groups in total. The van der Waals surface area contributed by atoms with Gasteiger partial charge in [-0.1, -0.05) is 24.4 Å². The molecule has 0 atom stereocenters. The highest BCUT2D eigenvalue weighted by atomic mass is 32.2. The first kappa shape index (κ1) is 9.60. The van der Waals surface area contributed by atoms with Gasteiger partial charge in [0.05, 0.1) is 0 Å². The lowest BCUT2D eigenvalue weighted by atomic mass is 10.0. The summed E-state index contributed by atoms with van der Waals surface area (Å²) in [4.78, 5) is 2.50. The molecule has 0 saturated carbocycles. The van der Waals surface area contributed by atoms with Crippen LogP contribution in [0.4, 0.5) is 0 Å². The number of hydrogen-bond donors (Lipinski definition) is 0. The van der Waals surface area contributed by atoms with Gasteiger partial charge < -0.3 is 0 Å². The van der Waals surface area contributed by atoms with E-state index >= 15 is 0 Å². The molecular formula is C13H14S. The molecule has 1 aromatic carbocycles. The van der Waals surface area contributed by atoms with Crippen molar-refractivity contribution in [3.8, 4) is 0 Å². The molecule has 72 valence electrons. The number of rotatable bonds is 0. The van der Waals surface area contributed by atoms with Crippen molar-refractivity contribution in [2.75, 3.05) is 0 Å². The van der Waals surface area contributed by atoms with Gasteiger partial charge in [-0.25, -0.2) is 0 Å². The summed E-state index contributed by atoms with van der Waals surface area (Å²) in [6.45, 7) is 10.5. The Labute approximate surface area is 89.7 Å². The van der Waals surface area contributed by atoms with E-state index in [9.17, 15) is 0 Å². The zero-order valence-corrected chi connectivity index (χ0v) is 9.66. The fourth-order valence-corrected chi connectivity index (χ4v) is 2.50. The molecule has 1 aliphatic rings. The average Bonchev–Trinajstić information content (AvgIpc) is 2.11. The zero-order chi connectivity index (χ0) is 10.3. The number of fused-ring (bicyclic) bond motifs is 1. The van der Waals surface area contributed by atoms with Crippen molar-refractivity contribution in [3.05, 3.63) is 45.9 Å². The Balaban J connectivity index is 2.61. The van der Waals surface area contributed by atoms with Crippen LogP contribution in [0.1, 0.15) is 23.6 Å². The minimum atomic E-state index is 1.17. The van der Waals surface area contributed by atoms with E-state index in [4.69, 9.17) is 0 Å². The standard InChI is InChI=1S/C13H14S/c1-8-5-12-6-10(3)11(4)14-13(12)7-9(8)2/h5-7H,4H2,1-3H3. The fourth-order valence-electron chi connectivity index (χ4n) is 1.54. The van der Waals surface area contributed by atoms with Crippen molar-refractivity contribution in [2.24, 2.45) is 0 Å². The summed E-state index contributed by atoms with van der Waals surface area (Å²) in [5.74, 6) is 0. The van der Waals surface area contributed by atoms with Crippen LogP contribution >= 0.6 is 11.8 Å². The third-order valence-electron chi connectivity index (χ3n) is 2.67. The van der Waals surface area contributed by atoms with E-state index in [0.717, 1.165) is 0 Å². The first-order valence-corrected chi connectivity index (χ1v) is 5.56. The molecule has 0 aromatic heterocycles. The number of benzene rings is 1. The number of hydrogen-bond acceptors (Lipinski definition) is 1. The normalized spacial score (nSPS) is 15.1. The van der Waals surface area contributed by atoms with Gasteiger partial charge in [0.2, 0.25) is 0 Å². The van der Waals surface area contributed by atoms with Crippen LogP contribution in [0.25, 0.3) is 6.08 Å². The second kappa shape index (κ2) is 3.32. The minimum absolute atomic E-state index is 1.17. The van der Waals surface area contributed by atoms with Crippen LogP contribution in [0.2, 0.25) is 0 Å². The van der Waals surface area contributed by atoms with Crippen molar-refractivity contribution in [1.29, 1.82) is 0 Å². The summed E-state index contributed by atoms with van der Waals surface area (Å²) in [5.41, 5.74) is 5.34. The fraction of sp³-hybridized carbons (Fsp3) is 0.231. The van der Waals surface area contributed by atoms with Crippen LogP contribution < -0.4 is 0 Å². The Bertz CT molecular complexity index is 439. The third-order valence-corrected chi connectivity index (χ3v) is 3.81. The van der Waals surface area contributed by atoms with Gasteiger partial charge in [-0.15, -0.1) is 0 Å². The van der Waals surface area contributed by atoms with E-state index in [0.29, 0.717) is 0 Å². The topological polar surface area (TPSA) is 0 Å². The van der Waals surface area contributed by atoms with Crippen LogP contribution in [-0.2, 0) is 0 Å². The molecule has 1 aliphatic heterocycles. The van der Waals surface area contributed by atoms with E-state index in [-0.39, 0.29) is 0 Å². The molecule has 0 unspecified atom stereocenters. The highest BCUT2D eigenvalue weighted by Gasteiger charge is 2.12. The summed E-state index contributed by atoms with van der Waals surface area (Å²) in [6, 6.07) is 4.51. The van der Waals surface area contributed by atoms with Crippen LogP contribution in [-0.4, -0.2) is 0 Å². The van der Waals surface area contributed by atoms with Crippen LogP contribution in [0.5, 0.6) is 0 Å². The highest BCUT2D eigenvalue weighted by Crippen LogP contribution is 2.39. The molecule has 14 heavy (non-hydrogen) atoms. The van der Waals surface area contributed by atoms with Crippen LogP contribution in [0, 0.1) is 13.8 Å². The van der Waals surface area contributed by atoms with Gasteiger partial charge >= 0.3 is 0 Å². The van der Waals surface area contributed by atoms with Crippen molar-refractivity contribution in [2.45, 2.75) is 25.7 Å². The lowest BCUT2D eigenvalue weighted by molar-refractivity contribution is 1.25. The molecule has 0 spiro atoms. The Hall–Kier alpha value is -0.950. The molecule has 0 saturated heterocycles. The smallest absolute Gasteiger partial charge is 0.0197 e. The highest BCUT2D eigenvalue weighted by molar-refractivity contribution is 8.03. The molecule has 0 amide bonds. The van der Waals surface area contributed by atoms with Gasteiger partial charge in [0.25, 0.3) is 0 Å². The molecule has 1 heterocycles. The first-order chi connectivity index (χ1) is 6.58. The van der Waals surface area contributed by atoms with Crippen LogP contribution in [0.3, 0.4) is 0 Å². The maximum absolute atomic E-state index is 4.04. The van der Waals surface area contributed by atoms with Crippen molar-refractivity contribution in [3.63, 3.8) is 0 Å². The Morgan fingerprint density at radius 3 is 2.43 bits per heavy atom. The minimum Gasteiger partial charge on any atom is -0.0898 e. The van der Waals surface area contributed by atoms with E-state index in [1.807, 2.05) is 0 Å². The molecular weight excluding hydrogens is 188 g/mol. The van der Waals surface area contributed by atoms with E-state index in [1.165, 1.54) is 32.1 Å². The van der Waals surface area contributed by atoms with Gasteiger partial charge in [0.1, 0.15) is 0 Å². The monoisotopic (exact) mass is 202 g/mol. The summed E-state index contributed by atoms with van der Waals surface area (Å²) >= 11 is 1.78. The van der Waals surface area contributed by atoms with E-state index in [2.05, 4.69) is 45.6 Å². The summed E-state index contributed by atoms with van der Waals surface area (Å²) in [6.07, 6.45) is 2.22. The van der Waals surface area contributed by atoms with Crippen molar-refractivity contribution in [1.82, 2.24) is 0 Å². The van der Waals surface area contributed by atoms with Gasteiger partial charge in [0, 0.05) is 9.80 Å². The van der Waals surface area contributed by atoms with Gasteiger partial charge in [-0.05, 0) is 55.2 Å². The first-order valence-electron chi connectivity index (χ1n) is 4.74. The van der Waals surface area contributed by atoms with E-state index < -0.39 is 0 Å². The van der Waals surface area contributed by atoms with E-state index in [1.54, 1.807) is 11.8 Å². The molecule has 2 rings (SSSR count). The van der Waals surface area contributed by atoms with Crippen molar-refractivity contribution >= 4 is 17.8 Å². The zero-order valence-electron chi connectivity index (χ0n) is 8.85. The molecule has 0 bridgehead atoms. The largest absolute Gasteiger partial charge is 0.0898 e. The molecule has 0 radical (unpaired) electrons. The SMILES string of the molecule is C=C1Sc2cc(C)c(C)cc2C=C1C.